The SMILES string of the molecule is C[C@H]1C[NH+](Cc2nc3c(c(=O)n(C)c(=O)n3C)n2CC(N)=O)C[C@H](C)O1. The summed E-state index contributed by atoms with van der Waals surface area (Å²) in [5.41, 5.74) is 4.93. The minimum absolute atomic E-state index is 0.111. The molecule has 10 heteroatoms. The lowest BCUT2D eigenvalue weighted by Crippen LogP contribution is -3.14. The third-order valence-corrected chi connectivity index (χ3v) is 4.77. The topological polar surface area (TPSA) is 119 Å². The fraction of sp³-hybridized carbons (Fsp3) is 0.625. The summed E-state index contributed by atoms with van der Waals surface area (Å²) in [6.45, 7) is 5.97. The van der Waals surface area contributed by atoms with Gasteiger partial charge in [0.25, 0.3) is 5.56 Å². The van der Waals surface area contributed by atoms with Crippen LogP contribution in [-0.4, -0.2) is 49.9 Å². The van der Waals surface area contributed by atoms with Crippen molar-refractivity contribution < 1.29 is 14.4 Å². The van der Waals surface area contributed by atoms with Crippen LogP contribution in [0.5, 0.6) is 0 Å². The first kappa shape index (κ1) is 18.3. The molecule has 1 amide bonds. The van der Waals surface area contributed by atoms with Crippen LogP contribution in [0.15, 0.2) is 9.59 Å². The van der Waals surface area contributed by atoms with Crippen LogP contribution in [0.2, 0.25) is 0 Å². The first-order valence-electron chi connectivity index (χ1n) is 8.61. The minimum Gasteiger partial charge on any atom is -0.368 e. The van der Waals surface area contributed by atoms with Gasteiger partial charge in [0.05, 0.1) is 0 Å². The molecule has 2 atom stereocenters. The Kier molecular flexibility index (Phi) is 4.72. The molecule has 1 aliphatic heterocycles. The molecule has 1 fully saturated rings. The number of primary amides is 1. The Morgan fingerprint density at radius 1 is 1.23 bits per heavy atom. The van der Waals surface area contributed by atoms with E-state index < -0.39 is 17.2 Å². The molecule has 0 saturated carbocycles. The van der Waals surface area contributed by atoms with Gasteiger partial charge in [-0.1, -0.05) is 0 Å². The number of nitrogens with two attached hydrogens (primary N) is 1. The van der Waals surface area contributed by atoms with E-state index in [1.807, 2.05) is 13.8 Å². The van der Waals surface area contributed by atoms with E-state index in [1.165, 1.54) is 21.1 Å². The summed E-state index contributed by atoms with van der Waals surface area (Å²) in [5.74, 6) is -0.00595. The van der Waals surface area contributed by atoms with Gasteiger partial charge < -0.3 is 19.9 Å². The number of nitrogens with zero attached hydrogens (tertiary/aromatic N) is 4. The van der Waals surface area contributed by atoms with E-state index in [4.69, 9.17) is 10.5 Å². The van der Waals surface area contributed by atoms with Crippen molar-refractivity contribution in [2.75, 3.05) is 13.1 Å². The van der Waals surface area contributed by atoms with Crippen LogP contribution in [0, 0.1) is 0 Å². The number of rotatable bonds is 4. The molecule has 0 aromatic carbocycles. The first-order valence-corrected chi connectivity index (χ1v) is 8.61. The van der Waals surface area contributed by atoms with Crippen molar-refractivity contribution in [1.82, 2.24) is 18.7 Å². The number of carbonyl (C=O) groups is 1. The van der Waals surface area contributed by atoms with Crippen LogP contribution >= 0.6 is 0 Å². The van der Waals surface area contributed by atoms with Crippen LogP contribution in [-0.2, 0) is 36.7 Å². The number of aryl methyl sites for hydroxylation is 1. The molecule has 2 aromatic rings. The number of fused-ring (bicyclic) bond motifs is 1. The monoisotopic (exact) mass is 365 g/mol. The average molecular weight is 365 g/mol. The fourth-order valence-electron chi connectivity index (χ4n) is 3.71. The van der Waals surface area contributed by atoms with Gasteiger partial charge in [-0.05, 0) is 13.8 Å². The molecule has 0 spiro atoms. The molecule has 26 heavy (non-hydrogen) atoms. The second-order valence-electron chi connectivity index (χ2n) is 7.05. The number of ether oxygens (including phenoxy) is 1. The number of morpholine rings is 1. The molecular formula is C16H25N6O4+. The molecule has 0 aliphatic carbocycles. The van der Waals surface area contributed by atoms with Gasteiger partial charge in [-0.15, -0.1) is 0 Å². The van der Waals surface area contributed by atoms with E-state index in [0.717, 1.165) is 17.7 Å². The zero-order valence-electron chi connectivity index (χ0n) is 15.5. The van der Waals surface area contributed by atoms with Gasteiger partial charge in [0.1, 0.15) is 38.4 Å². The quantitative estimate of drug-likeness (QED) is 0.603. The summed E-state index contributed by atoms with van der Waals surface area (Å²) in [6, 6.07) is 0. The van der Waals surface area contributed by atoms with Crippen LogP contribution in [0.25, 0.3) is 11.2 Å². The second kappa shape index (κ2) is 6.69. The summed E-state index contributed by atoms with van der Waals surface area (Å²) in [4.78, 5) is 42.1. The number of amides is 1. The minimum atomic E-state index is -0.569. The summed E-state index contributed by atoms with van der Waals surface area (Å²) >= 11 is 0. The highest BCUT2D eigenvalue weighted by molar-refractivity contribution is 5.78. The fourth-order valence-corrected chi connectivity index (χ4v) is 3.71. The van der Waals surface area contributed by atoms with Crippen molar-refractivity contribution in [2.45, 2.75) is 39.1 Å². The lowest BCUT2D eigenvalue weighted by molar-refractivity contribution is -0.929. The number of imidazole rings is 1. The molecule has 3 rings (SSSR count). The van der Waals surface area contributed by atoms with Crippen molar-refractivity contribution in [3.05, 3.63) is 26.7 Å². The van der Waals surface area contributed by atoms with E-state index in [2.05, 4.69) is 4.98 Å². The lowest BCUT2D eigenvalue weighted by Gasteiger charge is -2.32. The molecule has 0 radical (unpaired) electrons. The van der Waals surface area contributed by atoms with Crippen molar-refractivity contribution in [1.29, 1.82) is 0 Å². The molecule has 0 unspecified atom stereocenters. The van der Waals surface area contributed by atoms with Gasteiger partial charge in [-0.25, -0.2) is 9.78 Å². The lowest BCUT2D eigenvalue weighted by atomic mass is 10.2. The number of carbonyl (C=O) groups excluding carboxylic acids is 1. The summed E-state index contributed by atoms with van der Waals surface area (Å²) in [5, 5.41) is 0. The Balaban J connectivity index is 2.14. The molecule has 2 aromatic heterocycles. The van der Waals surface area contributed by atoms with E-state index in [-0.39, 0.29) is 29.9 Å². The van der Waals surface area contributed by atoms with Gasteiger partial charge in [0.15, 0.2) is 17.0 Å². The van der Waals surface area contributed by atoms with Gasteiger partial charge in [-0.2, -0.15) is 0 Å². The summed E-state index contributed by atoms with van der Waals surface area (Å²) in [7, 11) is 2.96. The van der Waals surface area contributed by atoms with Gasteiger partial charge >= 0.3 is 5.69 Å². The Morgan fingerprint density at radius 3 is 2.42 bits per heavy atom. The molecule has 10 nitrogen and oxygen atoms in total. The van der Waals surface area contributed by atoms with Crippen LogP contribution < -0.4 is 21.9 Å². The second-order valence-corrected chi connectivity index (χ2v) is 7.05. The molecular weight excluding hydrogens is 340 g/mol. The molecule has 1 saturated heterocycles. The van der Waals surface area contributed by atoms with Crippen LogP contribution in [0.1, 0.15) is 19.7 Å². The standard InChI is InChI=1S/C16H24N6O4/c1-9-5-21(6-10(2)26-9)8-12-18-14-13(22(12)7-11(17)23)15(24)20(4)16(25)19(14)3/h9-10H,5-8H2,1-4H3,(H2,17,23)/p+1/t9-,10-/m0/s1. The van der Waals surface area contributed by atoms with E-state index >= 15 is 0 Å². The highest BCUT2D eigenvalue weighted by Gasteiger charge is 2.28. The Hall–Kier alpha value is -2.46. The van der Waals surface area contributed by atoms with Crippen molar-refractivity contribution in [2.24, 2.45) is 19.8 Å². The third-order valence-electron chi connectivity index (χ3n) is 4.77. The Bertz CT molecular complexity index is 962. The van der Waals surface area contributed by atoms with E-state index in [0.29, 0.717) is 12.4 Å². The van der Waals surface area contributed by atoms with Crippen molar-refractivity contribution in [3.63, 3.8) is 0 Å². The number of quaternary nitrogens is 1. The van der Waals surface area contributed by atoms with Gasteiger partial charge in [0.2, 0.25) is 5.91 Å². The van der Waals surface area contributed by atoms with Gasteiger partial charge in [0, 0.05) is 14.1 Å². The molecule has 3 heterocycles. The zero-order valence-corrected chi connectivity index (χ0v) is 15.5. The zero-order chi connectivity index (χ0) is 19.2. The van der Waals surface area contributed by atoms with Crippen LogP contribution in [0.4, 0.5) is 0 Å². The van der Waals surface area contributed by atoms with Crippen molar-refractivity contribution >= 4 is 17.1 Å². The Labute approximate surface area is 149 Å². The van der Waals surface area contributed by atoms with Crippen LogP contribution in [0.3, 0.4) is 0 Å². The first-order chi connectivity index (χ1) is 12.2. The predicted octanol–water partition coefficient (Wildman–Crippen LogP) is -2.89. The third kappa shape index (κ3) is 3.17. The number of nitrogens with one attached hydrogen (secondary N) is 1. The normalized spacial score (nSPS) is 23.5. The van der Waals surface area contributed by atoms with E-state index in [1.54, 1.807) is 7.05 Å². The highest BCUT2D eigenvalue weighted by atomic mass is 16.5. The predicted molar refractivity (Wildman–Crippen MR) is 93.8 cm³/mol. The Morgan fingerprint density at radius 2 is 1.85 bits per heavy atom. The number of aromatic nitrogens is 4. The average Bonchev–Trinajstić information content (AvgIpc) is 2.88. The highest BCUT2D eigenvalue weighted by Crippen LogP contribution is 2.11. The van der Waals surface area contributed by atoms with Gasteiger partial charge in [-0.3, -0.25) is 18.7 Å². The summed E-state index contributed by atoms with van der Waals surface area (Å²) < 4.78 is 9.62. The number of hydrogen-bond acceptors (Lipinski definition) is 5. The smallest absolute Gasteiger partial charge is 0.332 e. The summed E-state index contributed by atoms with van der Waals surface area (Å²) in [6.07, 6.45) is 0.222. The van der Waals surface area contributed by atoms with Crippen molar-refractivity contribution in [3.8, 4) is 0 Å². The maximum absolute atomic E-state index is 12.6. The largest absolute Gasteiger partial charge is 0.368 e. The maximum atomic E-state index is 12.6. The maximum Gasteiger partial charge on any atom is 0.332 e. The van der Waals surface area contributed by atoms with E-state index in [9.17, 15) is 14.4 Å². The molecule has 142 valence electrons. The molecule has 0 bridgehead atoms. The molecule has 3 N–H and O–H groups in total. The molecule has 1 aliphatic rings. The number of hydrogen-bond donors (Lipinski definition) is 2.